The summed E-state index contributed by atoms with van der Waals surface area (Å²) in [7, 11) is 0. The minimum Gasteiger partial charge on any atom is -0.306 e. The van der Waals surface area contributed by atoms with E-state index in [9.17, 15) is 0 Å². The van der Waals surface area contributed by atoms with Gasteiger partial charge in [-0.1, -0.05) is 43.3 Å². The highest BCUT2D eigenvalue weighted by Crippen LogP contribution is 2.35. The van der Waals surface area contributed by atoms with E-state index in [4.69, 9.17) is 0 Å². The summed E-state index contributed by atoms with van der Waals surface area (Å²) in [5.41, 5.74) is 2.75. The Balaban J connectivity index is 2.16. The van der Waals surface area contributed by atoms with Crippen LogP contribution in [0.1, 0.15) is 24.1 Å². The third-order valence-electron chi connectivity index (χ3n) is 3.68. The summed E-state index contributed by atoms with van der Waals surface area (Å²) < 4.78 is 1.39. The SMILES string of the molecule is CCNC(c1ccccc1SC)c1cccc2ccsc12. The third-order valence-corrected chi connectivity index (χ3v) is 5.47. The zero-order valence-electron chi connectivity index (χ0n) is 12.3. The summed E-state index contributed by atoms with van der Waals surface area (Å²) in [6.07, 6.45) is 2.15. The van der Waals surface area contributed by atoms with Gasteiger partial charge in [0.1, 0.15) is 0 Å². The lowest BCUT2D eigenvalue weighted by Gasteiger charge is -2.22. The minimum atomic E-state index is 0.251. The molecule has 0 saturated heterocycles. The van der Waals surface area contributed by atoms with Crippen LogP contribution in [0.2, 0.25) is 0 Å². The topological polar surface area (TPSA) is 12.0 Å². The molecule has 0 spiro atoms. The van der Waals surface area contributed by atoms with E-state index in [-0.39, 0.29) is 6.04 Å². The van der Waals surface area contributed by atoms with Crippen LogP contribution in [0.25, 0.3) is 10.1 Å². The lowest BCUT2D eigenvalue weighted by molar-refractivity contribution is 0.626. The summed E-state index contributed by atoms with van der Waals surface area (Å²) >= 11 is 3.64. The molecule has 3 aromatic rings. The fourth-order valence-electron chi connectivity index (χ4n) is 2.74. The predicted molar refractivity (Wildman–Crippen MR) is 95.6 cm³/mol. The molecule has 0 bridgehead atoms. The maximum Gasteiger partial charge on any atom is 0.0601 e. The molecule has 21 heavy (non-hydrogen) atoms. The predicted octanol–water partition coefficient (Wildman–Crippen LogP) is 5.32. The smallest absolute Gasteiger partial charge is 0.0601 e. The van der Waals surface area contributed by atoms with E-state index in [1.54, 1.807) is 0 Å². The Morgan fingerprint density at radius 1 is 1.05 bits per heavy atom. The van der Waals surface area contributed by atoms with Gasteiger partial charge in [0.05, 0.1) is 6.04 Å². The van der Waals surface area contributed by atoms with Crippen molar-refractivity contribution >= 4 is 33.2 Å². The van der Waals surface area contributed by atoms with Crippen molar-refractivity contribution < 1.29 is 0 Å². The van der Waals surface area contributed by atoms with Crippen molar-refractivity contribution in [3.8, 4) is 0 Å². The van der Waals surface area contributed by atoms with Gasteiger partial charge in [0, 0.05) is 9.60 Å². The van der Waals surface area contributed by atoms with Gasteiger partial charge < -0.3 is 5.32 Å². The molecule has 0 fully saturated rings. The maximum absolute atomic E-state index is 3.67. The minimum absolute atomic E-state index is 0.251. The lowest BCUT2D eigenvalue weighted by atomic mass is 9.97. The molecule has 3 heteroatoms. The highest BCUT2D eigenvalue weighted by molar-refractivity contribution is 7.98. The molecule has 3 rings (SSSR count). The van der Waals surface area contributed by atoms with Crippen molar-refractivity contribution in [1.82, 2.24) is 5.32 Å². The number of benzene rings is 2. The van der Waals surface area contributed by atoms with Gasteiger partial charge in [-0.05, 0) is 46.8 Å². The van der Waals surface area contributed by atoms with Crippen LogP contribution in [0.5, 0.6) is 0 Å². The number of hydrogen-bond acceptors (Lipinski definition) is 3. The van der Waals surface area contributed by atoms with Gasteiger partial charge in [-0.3, -0.25) is 0 Å². The summed E-state index contributed by atoms with van der Waals surface area (Å²) in [6, 6.07) is 17.8. The second-order valence-electron chi connectivity index (χ2n) is 4.92. The molecule has 108 valence electrons. The monoisotopic (exact) mass is 313 g/mol. The Bertz CT molecular complexity index is 733. The highest BCUT2D eigenvalue weighted by Gasteiger charge is 2.18. The molecule has 0 aliphatic heterocycles. The van der Waals surface area contributed by atoms with Crippen molar-refractivity contribution in [3.63, 3.8) is 0 Å². The zero-order valence-corrected chi connectivity index (χ0v) is 13.9. The summed E-state index contributed by atoms with van der Waals surface area (Å²) in [5.74, 6) is 0. The molecular weight excluding hydrogens is 294 g/mol. The molecule has 0 aliphatic rings. The van der Waals surface area contributed by atoms with Gasteiger partial charge in [0.2, 0.25) is 0 Å². The average Bonchev–Trinajstić information content (AvgIpc) is 3.01. The van der Waals surface area contributed by atoms with Crippen molar-refractivity contribution in [2.45, 2.75) is 17.9 Å². The van der Waals surface area contributed by atoms with E-state index in [2.05, 4.69) is 72.4 Å². The molecule has 0 saturated carbocycles. The van der Waals surface area contributed by atoms with Crippen LogP contribution in [0, 0.1) is 0 Å². The number of rotatable bonds is 5. The maximum atomic E-state index is 3.67. The standard InChI is InChI=1S/C18H19NS2/c1-3-19-17(14-8-4-5-10-16(14)20-2)15-9-6-7-13-11-12-21-18(13)15/h4-12,17,19H,3H2,1-2H3. The molecule has 0 amide bonds. The van der Waals surface area contributed by atoms with Crippen molar-refractivity contribution in [3.05, 3.63) is 65.0 Å². The van der Waals surface area contributed by atoms with Crippen LogP contribution >= 0.6 is 23.1 Å². The van der Waals surface area contributed by atoms with Crippen LogP contribution in [0.4, 0.5) is 0 Å². The van der Waals surface area contributed by atoms with Gasteiger partial charge >= 0.3 is 0 Å². The first-order valence-electron chi connectivity index (χ1n) is 7.17. The molecule has 1 N–H and O–H groups in total. The first-order valence-corrected chi connectivity index (χ1v) is 9.28. The first kappa shape index (κ1) is 14.6. The summed E-state index contributed by atoms with van der Waals surface area (Å²) in [6.45, 7) is 3.12. The fraction of sp³-hybridized carbons (Fsp3) is 0.222. The quantitative estimate of drug-likeness (QED) is 0.640. The van der Waals surface area contributed by atoms with E-state index in [0.29, 0.717) is 0 Å². The molecule has 1 heterocycles. The fourth-order valence-corrected chi connectivity index (χ4v) is 4.32. The lowest BCUT2D eigenvalue weighted by Crippen LogP contribution is -2.22. The van der Waals surface area contributed by atoms with E-state index in [0.717, 1.165) is 6.54 Å². The zero-order chi connectivity index (χ0) is 14.7. The van der Waals surface area contributed by atoms with Crippen LogP contribution < -0.4 is 5.32 Å². The molecule has 2 aromatic carbocycles. The van der Waals surface area contributed by atoms with Gasteiger partial charge in [0.25, 0.3) is 0 Å². The van der Waals surface area contributed by atoms with E-state index < -0.39 is 0 Å². The Labute approximate surface area is 134 Å². The van der Waals surface area contributed by atoms with Gasteiger partial charge in [0.15, 0.2) is 0 Å². The first-order chi connectivity index (χ1) is 10.3. The number of fused-ring (bicyclic) bond motifs is 1. The Morgan fingerprint density at radius 2 is 1.86 bits per heavy atom. The van der Waals surface area contributed by atoms with Crippen LogP contribution in [-0.2, 0) is 0 Å². The van der Waals surface area contributed by atoms with Crippen LogP contribution in [-0.4, -0.2) is 12.8 Å². The summed E-state index contributed by atoms with van der Waals surface area (Å²) in [5, 5.41) is 7.18. The van der Waals surface area contributed by atoms with Gasteiger partial charge in [-0.15, -0.1) is 23.1 Å². The second kappa shape index (κ2) is 6.65. The number of hydrogen-bond donors (Lipinski definition) is 1. The molecular formula is C18H19NS2. The van der Waals surface area contributed by atoms with Crippen molar-refractivity contribution in [1.29, 1.82) is 0 Å². The van der Waals surface area contributed by atoms with E-state index in [1.807, 2.05) is 23.1 Å². The molecule has 1 aromatic heterocycles. The van der Waals surface area contributed by atoms with Crippen LogP contribution in [0.15, 0.2) is 58.8 Å². The Kier molecular flexibility index (Phi) is 4.63. The molecule has 1 nitrogen and oxygen atoms in total. The Hall–Kier alpha value is -1.29. The van der Waals surface area contributed by atoms with Crippen molar-refractivity contribution in [2.75, 3.05) is 12.8 Å². The second-order valence-corrected chi connectivity index (χ2v) is 6.68. The number of thioether (sulfide) groups is 1. The normalized spacial score (nSPS) is 12.7. The largest absolute Gasteiger partial charge is 0.306 e. The molecule has 0 aliphatic carbocycles. The average molecular weight is 313 g/mol. The third kappa shape index (κ3) is 2.86. The highest BCUT2D eigenvalue weighted by atomic mass is 32.2. The van der Waals surface area contributed by atoms with Gasteiger partial charge in [-0.25, -0.2) is 0 Å². The van der Waals surface area contributed by atoms with E-state index >= 15 is 0 Å². The number of thiophene rings is 1. The van der Waals surface area contributed by atoms with E-state index in [1.165, 1.54) is 26.1 Å². The van der Waals surface area contributed by atoms with Crippen LogP contribution in [0.3, 0.4) is 0 Å². The molecule has 1 unspecified atom stereocenters. The Morgan fingerprint density at radius 3 is 2.67 bits per heavy atom. The van der Waals surface area contributed by atoms with Crippen molar-refractivity contribution in [2.24, 2.45) is 0 Å². The molecule has 1 atom stereocenters. The van der Waals surface area contributed by atoms with Gasteiger partial charge in [-0.2, -0.15) is 0 Å². The number of nitrogens with one attached hydrogen (secondary N) is 1. The summed E-state index contributed by atoms with van der Waals surface area (Å²) in [4.78, 5) is 1.34. The molecule has 0 radical (unpaired) electrons.